The molecule has 2 amide bonds. The van der Waals surface area contributed by atoms with Crippen LogP contribution in [-0.2, 0) is 39.5 Å². The number of anilines is 1. The second-order valence-electron chi connectivity index (χ2n) is 12.2. The van der Waals surface area contributed by atoms with Crippen molar-refractivity contribution >= 4 is 38.4 Å². The first-order chi connectivity index (χ1) is 22.4. The molecule has 250 valence electrons. The maximum Gasteiger partial charge on any atom is 0.242 e. The number of amides is 2. The zero-order valence-corrected chi connectivity index (χ0v) is 28.2. The van der Waals surface area contributed by atoms with Gasteiger partial charge in [0.2, 0.25) is 21.8 Å². The first kappa shape index (κ1) is 34.0. The largest absolute Gasteiger partial charge is 0.497 e. The number of rotatable bonds is 10. The lowest BCUT2D eigenvalue weighted by molar-refractivity contribution is -0.134. The Morgan fingerprint density at radius 3 is 2.57 bits per heavy atom. The summed E-state index contributed by atoms with van der Waals surface area (Å²) < 4.78 is 41.9. The monoisotopic (exact) mass is 662 g/mol. The third-order valence-electron chi connectivity index (χ3n) is 8.74. The zero-order chi connectivity index (χ0) is 33.9. The van der Waals surface area contributed by atoms with E-state index in [4.69, 9.17) is 9.47 Å². The number of carbonyl (C=O) groups is 2. The molecule has 0 radical (unpaired) electrons. The predicted octanol–water partition coefficient (Wildman–Crippen LogP) is 3.84. The van der Waals surface area contributed by atoms with Crippen molar-refractivity contribution in [1.29, 1.82) is 0 Å². The summed E-state index contributed by atoms with van der Waals surface area (Å²) in [5.41, 5.74) is 3.00. The Kier molecular flexibility index (Phi) is 10.2. The summed E-state index contributed by atoms with van der Waals surface area (Å²) >= 11 is 0. The number of benzene rings is 3. The van der Waals surface area contributed by atoms with Crippen LogP contribution in [0.3, 0.4) is 0 Å². The lowest BCUT2D eigenvalue weighted by atomic mass is 10.0. The highest BCUT2D eigenvalue weighted by Crippen LogP contribution is 2.30. The molecule has 3 aromatic carbocycles. The normalized spacial score (nSPS) is 17.8. The maximum absolute atomic E-state index is 13.6. The number of aliphatic hydroxyl groups is 1. The van der Waals surface area contributed by atoms with Gasteiger partial charge >= 0.3 is 0 Å². The van der Waals surface area contributed by atoms with Gasteiger partial charge in [-0.05, 0) is 61.0 Å². The third-order valence-corrected chi connectivity index (χ3v) is 10.6. The van der Waals surface area contributed by atoms with E-state index in [0.29, 0.717) is 22.7 Å². The summed E-state index contributed by atoms with van der Waals surface area (Å²) in [5, 5.41) is 13.9. The van der Waals surface area contributed by atoms with E-state index < -0.39 is 22.2 Å². The Balaban J connectivity index is 1.40. The molecule has 0 saturated heterocycles. The van der Waals surface area contributed by atoms with Gasteiger partial charge in [0, 0.05) is 54.9 Å². The van der Waals surface area contributed by atoms with Crippen LogP contribution in [0.25, 0.3) is 10.9 Å². The van der Waals surface area contributed by atoms with Gasteiger partial charge < -0.3 is 29.4 Å². The molecule has 5 rings (SSSR count). The molecule has 0 spiro atoms. The number of aliphatic hydroxyl groups excluding tert-OH is 1. The molecular formula is C35H42N4O7S. The minimum absolute atomic E-state index is 0.00796. The van der Waals surface area contributed by atoms with Crippen LogP contribution >= 0.6 is 0 Å². The van der Waals surface area contributed by atoms with Crippen LogP contribution in [-0.4, -0.2) is 85.1 Å². The number of sulfonamides is 1. The van der Waals surface area contributed by atoms with Gasteiger partial charge in [-0.3, -0.25) is 9.59 Å². The van der Waals surface area contributed by atoms with Gasteiger partial charge in [-0.15, -0.1) is 0 Å². The molecule has 3 atom stereocenters. The van der Waals surface area contributed by atoms with Gasteiger partial charge in [-0.1, -0.05) is 25.1 Å². The first-order valence-electron chi connectivity index (χ1n) is 15.5. The highest BCUT2D eigenvalue weighted by Gasteiger charge is 2.33. The average Bonchev–Trinajstić information content (AvgIpc) is 3.39. The van der Waals surface area contributed by atoms with Crippen molar-refractivity contribution in [1.82, 2.24) is 13.8 Å². The molecular weight excluding hydrogens is 620 g/mol. The lowest BCUT2D eigenvalue weighted by Gasteiger charge is -2.33. The number of hydrogen-bond acceptors (Lipinski definition) is 7. The van der Waals surface area contributed by atoms with Gasteiger partial charge in [-0.25, -0.2) is 8.42 Å². The standard InChI is InChI=1S/C35H42N4O7S/c1-23-19-39(24(2)22-40)35(42)18-25-16-27(36-34(41)17-26-20-37(3)31-9-7-6-8-30(26)31)10-15-32(25)46-33(23)21-38(4)47(43,44)29-13-11-28(45-5)12-14-29/h6-16,20,23-24,33,40H,17-19,21-22H2,1-5H3,(H,36,41)/t23-,24-,33-/m0/s1. The Morgan fingerprint density at radius 2 is 1.87 bits per heavy atom. The number of aromatic nitrogens is 1. The number of aryl methyl sites for hydroxylation is 1. The molecule has 2 heterocycles. The fourth-order valence-electron chi connectivity index (χ4n) is 5.95. The Hall–Kier alpha value is -4.39. The molecule has 4 aromatic rings. The van der Waals surface area contributed by atoms with Crippen molar-refractivity contribution < 1.29 is 32.6 Å². The van der Waals surface area contributed by atoms with Crippen molar-refractivity contribution in [2.45, 2.75) is 43.7 Å². The van der Waals surface area contributed by atoms with E-state index in [9.17, 15) is 23.1 Å². The van der Waals surface area contributed by atoms with E-state index in [-0.39, 0.29) is 55.2 Å². The molecule has 1 aliphatic rings. The number of nitrogens with zero attached hydrogens (tertiary/aromatic N) is 3. The maximum atomic E-state index is 13.6. The van der Waals surface area contributed by atoms with E-state index in [1.807, 2.05) is 49.0 Å². The molecule has 2 N–H and O–H groups in total. The second-order valence-corrected chi connectivity index (χ2v) is 14.2. The van der Waals surface area contributed by atoms with E-state index in [1.54, 1.807) is 42.2 Å². The van der Waals surface area contributed by atoms with E-state index in [0.717, 1.165) is 16.5 Å². The molecule has 12 heteroatoms. The van der Waals surface area contributed by atoms with Crippen LogP contribution in [0.1, 0.15) is 25.0 Å². The van der Waals surface area contributed by atoms with Crippen LogP contribution in [0, 0.1) is 5.92 Å². The number of fused-ring (bicyclic) bond motifs is 2. The zero-order valence-electron chi connectivity index (χ0n) is 27.3. The summed E-state index contributed by atoms with van der Waals surface area (Å²) in [4.78, 5) is 28.5. The van der Waals surface area contributed by atoms with Crippen molar-refractivity contribution in [3.8, 4) is 11.5 Å². The molecule has 1 aromatic heterocycles. The SMILES string of the molecule is COc1ccc(S(=O)(=O)N(C)C[C@@H]2Oc3ccc(NC(=O)Cc4cn(C)c5ccccc45)cc3CC(=O)N([C@@H](C)CO)C[C@@H]2C)cc1. The third kappa shape index (κ3) is 7.45. The Morgan fingerprint density at radius 1 is 1.15 bits per heavy atom. The van der Waals surface area contributed by atoms with Gasteiger partial charge in [0.25, 0.3) is 0 Å². The van der Waals surface area contributed by atoms with Crippen LogP contribution in [0.4, 0.5) is 5.69 Å². The molecule has 0 bridgehead atoms. The van der Waals surface area contributed by atoms with Crippen LogP contribution in [0.2, 0.25) is 0 Å². The number of carbonyl (C=O) groups excluding carboxylic acids is 2. The topological polar surface area (TPSA) is 130 Å². The van der Waals surface area contributed by atoms with Gasteiger partial charge in [0.15, 0.2) is 0 Å². The fraction of sp³-hybridized carbons (Fsp3) is 0.371. The number of likely N-dealkylation sites (N-methyl/N-ethyl adjacent to an activating group) is 1. The summed E-state index contributed by atoms with van der Waals surface area (Å²) in [6.07, 6.45) is 1.46. The van der Waals surface area contributed by atoms with Crippen molar-refractivity contribution in [3.63, 3.8) is 0 Å². The van der Waals surface area contributed by atoms with E-state index in [2.05, 4.69) is 5.32 Å². The van der Waals surface area contributed by atoms with Gasteiger partial charge in [-0.2, -0.15) is 4.31 Å². The molecule has 0 fully saturated rings. The Bertz CT molecular complexity index is 1860. The Labute approximate surface area is 275 Å². The summed E-state index contributed by atoms with van der Waals surface area (Å²) in [5.74, 6) is 0.262. The summed E-state index contributed by atoms with van der Waals surface area (Å²) in [6, 6.07) is 18.8. The lowest BCUT2D eigenvalue weighted by Crippen LogP contribution is -2.48. The predicted molar refractivity (Wildman–Crippen MR) is 180 cm³/mol. The number of ether oxygens (including phenoxy) is 2. The van der Waals surface area contributed by atoms with E-state index >= 15 is 0 Å². The number of methoxy groups -OCH3 is 1. The van der Waals surface area contributed by atoms with Crippen molar-refractivity contribution in [2.24, 2.45) is 13.0 Å². The number of hydrogen-bond donors (Lipinski definition) is 2. The second kappa shape index (κ2) is 14.2. The fourth-order valence-corrected chi connectivity index (χ4v) is 7.13. The number of para-hydroxylation sites is 1. The smallest absolute Gasteiger partial charge is 0.242 e. The minimum Gasteiger partial charge on any atom is -0.497 e. The molecule has 0 aliphatic carbocycles. The van der Waals surface area contributed by atoms with Crippen LogP contribution < -0.4 is 14.8 Å². The minimum atomic E-state index is -3.87. The summed E-state index contributed by atoms with van der Waals surface area (Å²) in [7, 11) is 1.08. The molecule has 1 aliphatic heterocycles. The highest BCUT2D eigenvalue weighted by atomic mass is 32.2. The van der Waals surface area contributed by atoms with Crippen LogP contribution in [0.15, 0.2) is 77.8 Å². The molecule has 47 heavy (non-hydrogen) atoms. The average molecular weight is 663 g/mol. The quantitative estimate of drug-likeness (QED) is 0.264. The van der Waals surface area contributed by atoms with E-state index in [1.165, 1.54) is 30.6 Å². The molecule has 11 nitrogen and oxygen atoms in total. The van der Waals surface area contributed by atoms with Crippen LogP contribution in [0.5, 0.6) is 11.5 Å². The number of nitrogens with one attached hydrogen (secondary N) is 1. The molecule has 0 unspecified atom stereocenters. The summed E-state index contributed by atoms with van der Waals surface area (Å²) in [6.45, 7) is 3.70. The van der Waals surface area contributed by atoms with Gasteiger partial charge in [0.05, 0.1) is 44.0 Å². The van der Waals surface area contributed by atoms with Crippen molar-refractivity contribution in [3.05, 3.63) is 84.1 Å². The van der Waals surface area contributed by atoms with Gasteiger partial charge in [0.1, 0.15) is 17.6 Å². The first-order valence-corrected chi connectivity index (χ1v) is 17.0. The molecule has 0 saturated carbocycles. The van der Waals surface area contributed by atoms with Crippen molar-refractivity contribution in [2.75, 3.05) is 39.2 Å². The highest BCUT2D eigenvalue weighted by molar-refractivity contribution is 7.89.